The van der Waals surface area contributed by atoms with Gasteiger partial charge < -0.3 is 5.73 Å². The van der Waals surface area contributed by atoms with Gasteiger partial charge in [0.25, 0.3) is 0 Å². The maximum atomic E-state index is 6.07. The summed E-state index contributed by atoms with van der Waals surface area (Å²) >= 11 is 1.61. The summed E-state index contributed by atoms with van der Waals surface area (Å²) < 4.78 is 0. The highest BCUT2D eigenvalue weighted by Crippen LogP contribution is 2.35. The van der Waals surface area contributed by atoms with Crippen LogP contribution >= 0.6 is 11.3 Å². The fraction of sp³-hybridized carbons (Fsp3) is 0.133. The summed E-state index contributed by atoms with van der Waals surface area (Å²) in [4.78, 5) is 14.2. The van der Waals surface area contributed by atoms with Crippen LogP contribution in [0.5, 0.6) is 0 Å². The summed E-state index contributed by atoms with van der Waals surface area (Å²) in [5.74, 6) is 0. The zero-order chi connectivity index (χ0) is 13.9. The van der Waals surface area contributed by atoms with Crippen LogP contribution in [0.3, 0.4) is 0 Å². The summed E-state index contributed by atoms with van der Waals surface area (Å²) in [5, 5.41) is 0.945. The van der Waals surface area contributed by atoms with Gasteiger partial charge in [0.15, 0.2) is 0 Å². The minimum absolute atomic E-state index is 0.0694. The summed E-state index contributed by atoms with van der Waals surface area (Å²) in [5.41, 5.74) is 8.85. The fourth-order valence-electron chi connectivity index (χ4n) is 1.94. The second-order valence-corrected chi connectivity index (χ2v) is 5.50. The number of pyridine rings is 2. The molecule has 0 aromatic carbocycles. The van der Waals surface area contributed by atoms with Gasteiger partial charge in [-0.05, 0) is 31.2 Å². The summed E-state index contributed by atoms with van der Waals surface area (Å²) in [7, 11) is 0. The van der Waals surface area contributed by atoms with E-state index in [1.54, 1.807) is 29.9 Å². The predicted molar refractivity (Wildman–Crippen MR) is 81.2 cm³/mol. The first-order valence-corrected chi connectivity index (χ1v) is 7.15. The van der Waals surface area contributed by atoms with Crippen LogP contribution in [0.15, 0.2) is 48.9 Å². The molecule has 0 aliphatic carbocycles. The van der Waals surface area contributed by atoms with Crippen LogP contribution in [0.2, 0.25) is 0 Å². The molecule has 1 unspecified atom stereocenters. The van der Waals surface area contributed by atoms with Crippen molar-refractivity contribution < 1.29 is 0 Å². The van der Waals surface area contributed by atoms with Crippen molar-refractivity contribution >= 4 is 11.3 Å². The van der Waals surface area contributed by atoms with Crippen molar-refractivity contribution in [2.75, 3.05) is 0 Å². The van der Waals surface area contributed by atoms with E-state index < -0.39 is 0 Å². The highest BCUT2D eigenvalue weighted by Gasteiger charge is 2.17. The first-order chi connectivity index (χ1) is 9.75. The molecule has 5 heteroatoms. The van der Waals surface area contributed by atoms with Crippen molar-refractivity contribution in [2.45, 2.75) is 13.0 Å². The van der Waals surface area contributed by atoms with Gasteiger partial charge in [-0.2, -0.15) is 0 Å². The van der Waals surface area contributed by atoms with Crippen LogP contribution in [0.1, 0.15) is 17.8 Å². The summed E-state index contributed by atoms with van der Waals surface area (Å²) in [6, 6.07) is 9.64. The molecule has 0 spiro atoms. The van der Waals surface area contributed by atoms with Crippen molar-refractivity contribution in [3.8, 4) is 22.0 Å². The molecule has 0 saturated carbocycles. The van der Waals surface area contributed by atoms with Crippen LogP contribution in [-0.2, 0) is 0 Å². The third-order valence-electron chi connectivity index (χ3n) is 2.90. The molecule has 20 heavy (non-hydrogen) atoms. The molecule has 0 bridgehead atoms. The molecule has 0 saturated heterocycles. The minimum Gasteiger partial charge on any atom is -0.323 e. The Balaban J connectivity index is 2.13. The quantitative estimate of drug-likeness (QED) is 0.800. The van der Waals surface area contributed by atoms with E-state index >= 15 is 0 Å². The molecule has 3 heterocycles. The van der Waals surface area contributed by atoms with Gasteiger partial charge >= 0.3 is 0 Å². The number of thiazole rings is 1. The molecule has 0 aliphatic rings. The molecule has 100 valence electrons. The zero-order valence-corrected chi connectivity index (χ0v) is 11.8. The monoisotopic (exact) mass is 282 g/mol. The Labute approximate surface area is 121 Å². The summed E-state index contributed by atoms with van der Waals surface area (Å²) in [6.45, 7) is 1.97. The number of aromatic nitrogens is 3. The first-order valence-electron chi connectivity index (χ1n) is 6.34. The number of hydrogen-bond acceptors (Lipinski definition) is 5. The van der Waals surface area contributed by atoms with Crippen LogP contribution < -0.4 is 5.73 Å². The van der Waals surface area contributed by atoms with E-state index in [9.17, 15) is 0 Å². The van der Waals surface area contributed by atoms with Crippen LogP contribution in [0.25, 0.3) is 22.0 Å². The molecule has 3 aromatic heterocycles. The van der Waals surface area contributed by atoms with Gasteiger partial charge in [-0.3, -0.25) is 9.97 Å². The SMILES string of the molecule is CC(N)c1sc(-c2ccncc2)nc1-c1ccccn1. The van der Waals surface area contributed by atoms with Gasteiger partial charge in [0.1, 0.15) is 10.7 Å². The molecule has 1 atom stereocenters. The van der Waals surface area contributed by atoms with E-state index in [0.717, 1.165) is 26.8 Å². The van der Waals surface area contributed by atoms with Crippen LogP contribution in [0.4, 0.5) is 0 Å². The maximum absolute atomic E-state index is 6.07. The van der Waals surface area contributed by atoms with Gasteiger partial charge in [-0.25, -0.2) is 4.98 Å². The van der Waals surface area contributed by atoms with Crippen LogP contribution in [-0.4, -0.2) is 15.0 Å². The average molecular weight is 282 g/mol. The Morgan fingerprint density at radius 2 is 1.90 bits per heavy atom. The normalized spacial score (nSPS) is 12.3. The molecular weight excluding hydrogens is 268 g/mol. The second-order valence-electron chi connectivity index (χ2n) is 4.47. The average Bonchev–Trinajstić information content (AvgIpc) is 2.94. The van der Waals surface area contributed by atoms with E-state index in [4.69, 9.17) is 10.7 Å². The van der Waals surface area contributed by atoms with Gasteiger partial charge in [-0.15, -0.1) is 11.3 Å². The van der Waals surface area contributed by atoms with Crippen molar-refractivity contribution in [3.63, 3.8) is 0 Å². The number of nitrogens with two attached hydrogens (primary N) is 1. The second kappa shape index (κ2) is 5.48. The molecule has 0 fully saturated rings. The minimum atomic E-state index is -0.0694. The first kappa shape index (κ1) is 12.9. The lowest BCUT2D eigenvalue weighted by Gasteiger charge is -2.04. The van der Waals surface area contributed by atoms with Gasteiger partial charge in [-0.1, -0.05) is 6.07 Å². The standard InChI is InChI=1S/C15H14N4S/c1-10(16)14-13(12-4-2-3-7-18-12)19-15(20-14)11-5-8-17-9-6-11/h2-10H,16H2,1H3. The van der Waals surface area contributed by atoms with Crippen molar-refractivity contribution in [3.05, 3.63) is 53.8 Å². The smallest absolute Gasteiger partial charge is 0.124 e. The Kier molecular flexibility index (Phi) is 3.54. The lowest BCUT2D eigenvalue weighted by Crippen LogP contribution is -2.04. The summed E-state index contributed by atoms with van der Waals surface area (Å²) in [6.07, 6.45) is 5.30. The lowest BCUT2D eigenvalue weighted by molar-refractivity contribution is 0.836. The van der Waals surface area contributed by atoms with Gasteiger partial charge in [0, 0.05) is 30.2 Å². The van der Waals surface area contributed by atoms with Crippen LogP contribution in [0, 0.1) is 0 Å². The van der Waals surface area contributed by atoms with E-state index in [2.05, 4.69) is 9.97 Å². The number of rotatable bonds is 3. The Morgan fingerprint density at radius 3 is 2.55 bits per heavy atom. The van der Waals surface area contributed by atoms with Crippen molar-refractivity contribution in [2.24, 2.45) is 5.73 Å². The molecule has 0 amide bonds. The fourth-order valence-corrected chi connectivity index (χ4v) is 2.98. The zero-order valence-electron chi connectivity index (χ0n) is 11.0. The molecule has 3 aromatic rings. The lowest BCUT2D eigenvalue weighted by atomic mass is 10.2. The molecule has 0 aliphatic heterocycles. The molecule has 2 N–H and O–H groups in total. The topological polar surface area (TPSA) is 64.7 Å². The van der Waals surface area contributed by atoms with E-state index in [0.29, 0.717) is 0 Å². The van der Waals surface area contributed by atoms with E-state index in [1.807, 2.05) is 37.3 Å². The largest absolute Gasteiger partial charge is 0.323 e. The molecule has 0 radical (unpaired) electrons. The highest BCUT2D eigenvalue weighted by atomic mass is 32.1. The Morgan fingerprint density at radius 1 is 1.10 bits per heavy atom. The van der Waals surface area contributed by atoms with E-state index in [1.165, 1.54) is 0 Å². The van der Waals surface area contributed by atoms with Gasteiger partial charge in [0.05, 0.1) is 10.6 Å². The van der Waals surface area contributed by atoms with Crippen molar-refractivity contribution in [1.82, 2.24) is 15.0 Å². The number of nitrogens with zero attached hydrogens (tertiary/aromatic N) is 3. The third-order valence-corrected chi connectivity index (χ3v) is 4.21. The van der Waals surface area contributed by atoms with Gasteiger partial charge in [0.2, 0.25) is 0 Å². The molecule has 4 nitrogen and oxygen atoms in total. The number of hydrogen-bond donors (Lipinski definition) is 1. The Hall–Kier alpha value is -2.11. The predicted octanol–water partition coefficient (Wildman–Crippen LogP) is 3.29. The Bertz CT molecular complexity index is 692. The molecule has 3 rings (SSSR count). The highest BCUT2D eigenvalue weighted by molar-refractivity contribution is 7.15. The molecular formula is C15H14N4S. The maximum Gasteiger partial charge on any atom is 0.124 e. The van der Waals surface area contributed by atoms with Crippen molar-refractivity contribution in [1.29, 1.82) is 0 Å². The third kappa shape index (κ3) is 2.45. The van der Waals surface area contributed by atoms with E-state index in [-0.39, 0.29) is 6.04 Å².